The van der Waals surface area contributed by atoms with Crippen LogP contribution in [0.15, 0.2) is 48.5 Å². The van der Waals surface area contributed by atoms with Crippen molar-refractivity contribution >= 4 is 39.8 Å². The third-order valence-corrected chi connectivity index (χ3v) is 5.73. The molecule has 166 valence electrons. The van der Waals surface area contributed by atoms with Gasteiger partial charge in [0.05, 0.1) is 29.8 Å². The molecule has 9 heteroatoms. The average molecular weight is 456 g/mol. The highest BCUT2D eigenvalue weighted by Crippen LogP contribution is 2.35. The first-order chi connectivity index (χ1) is 15.3. The average Bonchev–Trinajstić information content (AvgIpc) is 3.10. The quantitative estimate of drug-likeness (QED) is 0.494. The van der Waals surface area contributed by atoms with Crippen molar-refractivity contribution in [2.75, 3.05) is 24.4 Å². The molecule has 2 amide bonds. The van der Waals surface area contributed by atoms with E-state index in [0.717, 1.165) is 23.5 Å². The molecule has 0 bridgehead atoms. The molecule has 2 aromatic carbocycles. The van der Waals surface area contributed by atoms with Crippen LogP contribution in [0.1, 0.15) is 42.9 Å². The number of methoxy groups -OCH3 is 1. The second-order valence-electron chi connectivity index (χ2n) is 6.60. The highest BCUT2D eigenvalue weighted by molar-refractivity contribution is 7.19. The fourth-order valence-corrected chi connectivity index (χ4v) is 4.06. The van der Waals surface area contributed by atoms with Gasteiger partial charge in [-0.25, -0.2) is 9.18 Å². The topological polar surface area (TPSA) is 93.7 Å². The normalized spacial score (nSPS) is 10.4. The zero-order valence-electron chi connectivity index (χ0n) is 17.7. The standard InChI is InChI=1S/C23H21FN2O5S/c1-4-31-23(29)18-13(2)19(21(28)25-16-7-5-6-8-17(16)30-3)32-22(18)26-20(27)14-9-11-15(24)12-10-14/h5-12H,4H2,1-3H3,(H,25,28)(H,26,27). The van der Waals surface area contributed by atoms with Crippen molar-refractivity contribution in [1.29, 1.82) is 0 Å². The van der Waals surface area contributed by atoms with Crippen LogP contribution in [-0.2, 0) is 4.74 Å². The van der Waals surface area contributed by atoms with Crippen molar-refractivity contribution in [3.05, 3.63) is 75.9 Å². The molecular formula is C23H21FN2O5S. The van der Waals surface area contributed by atoms with Crippen LogP contribution < -0.4 is 15.4 Å². The number of thiophene rings is 1. The Labute approximate surface area is 188 Å². The van der Waals surface area contributed by atoms with E-state index in [1.807, 2.05) is 0 Å². The largest absolute Gasteiger partial charge is 0.495 e. The lowest BCUT2D eigenvalue weighted by Gasteiger charge is -2.09. The van der Waals surface area contributed by atoms with Crippen molar-refractivity contribution in [2.45, 2.75) is 13.8 Å². The Morgan fingerprint density at radius 1 is 1.00 bits per heavy atom. The van der Waals surface area contributed by atoms with Gasteiger partial charge in [-0.3, -0.25) is 9.59 Å². The first-order valence-corrected chi connectivity index (χ1v) is 10.5. The Morgan fingerprint density at radius 3 is 2.34 bits per heavy atom. The van der Waals surface area contributed by atoms with Crippen molar-refractivity contribution in [3.63, 3.8) is 0 Å². The molecule has 3 rings (SSSR count). The number of anilines is 2. The van der Waals surface area contributed by atoms with Crippen molar-refractivity contribution in [3.8, 4) is 5.75 Å². The molecule has 0 atom stereocenters. The van der Waals surface area contributed by atoms with Gasteiger partial charge in [0.2, 0.25) is 0 Å². The first-order valence-electron chi connectivity index (χ1n) is 9.67. The Kier molecular flexibility index (Phi) is 7.21. The lowest BCUT2D eigenvalue weighted by Crippen LogP contribution is -2.15. The summed E-state index contributed by atoms with van der Waals surface area (Å²) in [6.07, 6.45) is 0. The minimum Gasteiger partial charge on any atom is -0.495 e. The molecule has 0 unspecified atom stereocenters. The summed E-state index contributed by atoms with van der Waals surface area (Å²) < 4.78 is 23.5. The number of amides is 2. The molecule has 0 fully saturated rings. The van der Waals surface area contributed by atoms with Gasteiger partial charge in [0.15, 0.2) is 0 Å². The number of ether oxygens (including phenoxy) is 2. The van der Waals surface area contributed by atoms with E-state index in [1.54, 1.807) is 38.1 Å². The van der Waals surface area contributed by atoms with E-state index in [1.165, 1.54) is 19.2 Å². The van der Waals surface area contributed by atoms with E-state index in [0.29, 0.717) is 17.0 Å². The first kappa shape index (κ1) is 23.0. The van der Waals surface area contributed by atoms with Crippen LogP contribution in [-0.4, -0.2) is 31.5 Å². The molecule has 0 aliphatic carbocycles. The molecule has 0 spiro atoms. The summed E-state index contributed by atoms with van der Waals surface area (Å²) in [5.74, 6) is -1.67. The molecule has 7 nitrogen and oxygen atoms in total. The second kappa shape index (κ2) is 10.1. The summed E-state index contributed by atoms with van der Waals surface area (Å²) in [7, 11) is 1.49. The van der Waals surface area contributed by atoms with Crippen molar-refractivity contribution in [1.82, 2.24) is 0 Å². The maximum atomic E-state index is 13.2. The number of halogens is 1. The zero-order chi connectivity index (χ0) is 23.3. The van der Waals surface area contributed by atoms with Gasteiger partial charge >= 0.3 is 5.97 Å². The lowest BCUT2D eigenvalue weighted by atomic mass is 10.1. The Morgan fingerprint density at radius 2 is 1.69 bits per heavy atom. The third-order valence-electron chi connectivity index (χ3n) is 4.52. The van der Waals surface area contributed by atoms with Crippen molar-refractivity contribution < 1.29 is 28.2 Å². The van der Waals surface area contributed by atoms with Crippen molar-refractivity contribution in [2.24, 2.45) is 0 Å². The molecule has 0 aliphatic heterocycles. The number of hydrogen-bond acceptors (Lipinski definition) is 6. The summed E-state index contributed by atoms with van der Waals surface area (Å²) in [4.78, 5) is 38.4. The number of nitrogens with one attached hydrogen (secondary N) is 2. The zero-order valence-corrected chi connectivity index (χ0v) is 18.5. The Bertz CT molecular complexity index is 1160. The summed E-state index contributed by atoms with van der Waals surface area (Å²) in [6.45, 7) is 3.39. The fourth-order valence-electron chi connectivity index (χ4n) is 2.97. The van der Waals surface area contributed by atoms with Crippen LogP contribution in [0, 0.1) is 12.7 Å². The van der Waals surface area contributed by atoms with Gasteiger partial charge in [0.25, 0.3) is 11.8 Å². The van der Waals surface area contributed by atoms with E-state index < -0.39 is 23.6 Å². The Hall–Kier alpha value is -3.72. The van der Waals surface area contributed by atoms with Gasteiger partial charge in [0, 0.05) is 5.56 Å². The molecule has 0 saturated carbocycles. The van der Waals surface area contributed by atoms with Gasteiger partial charge < -0.3 is 20.1 Å². The van der Waals surface area contributed by atoms with Gasteiger partial charge in [0.1, 0.15) is 16.6 Å². The van der Waals surface area contributed by atoms with Gasteiger partial charge in [-0.1, -0.05) is 12.1 Å². The number of hydrogen-bond donors (Lipinski definition) is 2. The van der Waals surface area contributed by atoms with Crippen LogP contribution in [0.5, 0.6) is 5.75 Å². The molecule has 0 saturated heterocycles. The lowest BCUT2D eigenvalue weighted by molar-refractivity contribution is 0.0527. The molecule has 32 heavy (non-hydrogen) atoms. The van der Waals surface area contributed by atoms with Gasteiger partial charge in [-0.2, -0.15) is 0 Å². The van der Waals surface area contributed by atoms with Crippen LogP contribution in [0.3, 0.4) is 0 Å². The maximum absolute atomic E-state index is 13.2. The number of esters is 1. The fraction of sp³-hybridized carbons (Fsp3) is 0.174. The minimum absolute atomic E-state index is 0.0949. The smallest absolute Gasteiger partial charge is 0.341 e. The second-order valence-corrected chi connectivity index (χ2v) is 7.62. The third kappa shape index (κ3) is 4.94. The summed E-state index contributed by atoms with van der Waals surface area (Å²) in [5.41, 5.74) is 1.13. The van der Waals surface area contributed by atoms with Gasteiger partial charge in [-0.15, -0.1) is 11.3 Å². The maximum Gasteiger partial charge on any atom is 0.341 e. The van der Waals surface area contributed by atoms with Crippen LogP contribution >= 0.6 is 11.3 Å². The van der Waals surface area contributed by atoms with E-state index >= 15 is 0 Å². The van der Waals surface area contributed by atoms with E-state index in [9.17, 15) is 18.8 Å². The van der Waals surface area contributed by atoms with E-state index in [-0.39, 0.29) is 27.6 Å². The number of para-hydroxylation sites is 2. The predicted octanol–water partition coefficient (Wildman–Crippen LogP) is 4.89. The molecule has 0 radical (unpaired) electrons. The number of rotatable bonds is 7. The van der Waals surface area contributed by atoms with Crippen LogP contribution in [0.25, 0.3) is 0 Å². The van der Waals surface area contributed by atoms with Gasteiger partial charge in [-0.05, 0) is 55.8 Å². The molecule has 2 N–H and O–H groups in total. The van der Waals surface area contributed by atoms with Crippen LogP contribution in [0.4, 0.5) is 15.1 Å². The molecule has 0 aliphatic rings. The SMILES string of the molecule is CCOC(=O)c1c(NC(=O)c2ccc(F)cc2)sc(C(=O)Nc2ccccc2OC)c1C. The molecular weight excluding hydrogens is 435 g/mol. The summed E-state index contributed by atoms with van der Waals surface area (Å²) in [5, 5.41) is 5.57. The highest BCUT2D eigenvalue weighted by Gasteiger charge is 2.27. The predicted molar refractivity (Wildman–Crippen MR) is 120 cm³/mol. The number of benzene rings is 2. The van der Waals surface area contributed by atoms with Crippen LogP contribution in [0.2, 0.25) is 0 Å². The monoisotopic (exact) mass is 456 g/mol. The number of carbonyl (C=O) groups is 3. The summed E-state index contributed by atoms with van der Waals surface area (Å²) >= 11 is 0.948. The van der Waals surface area contributed by atoms with E-state index in [4.69, 9.17) is 9.47 Å². The number of carbonyl (C=O) groups excluding carboxylic acids is 3. The highest BCUT2D eigenvalue weighted by atomic mass is 32.1. The molecule has 1 heterocycles. The minimum atomic E-state index is -0.660. The molecule has 1 aromatic heterocycles. The summed E-state index contributed by atoms with van der Waals surface area (Å²) in [6, 6.07) is 11.9. The Balaban J connectivity index is 1.95. The van der Waals surface area contributed by atoms with E-state index in [2.05, 4.69) is 10.6 Å². The molecule has 3 aromatic rings.